The minimum atomic E-state index is -0.571. The van der Waals surface area contributed by atoms with E-state index in [2.05, 4.69) is 0 Å². The predicted octanol–water partition coefficient (Wildman–Crippen LogP) is 1.66. The molecule has 0 aromatic heterocycles. The largest absolute Gasteiger partial charge is 0.452 e. The number of thioether (sulfide) groups is 1. The summed E-state index contributed by atoms with van der Waals surface area (Å²) in [7, 11) is 3.37. The highest BCUT2D eigenvalue weighted by atomic mass is 32.2. The van der Waals surface area contributed by atoms with Crippen LogP contribution in [-0.4, -0.2) is 79.3 Å². The fraction of sp³-hybridized carbons (Fsp3) is 0.526. The van der Waals surface area contributed by atoms with Crippen LogP contribution < -0.4 is 0 Å². The molecule has 2 atom stereocenters. The van der Waals surface area contributed by atoms with E-state index in [1.54, 1.807) is 43.3 Å². The smallest absolute Gasteiger partial charge is 0.339 e. The second-order valence-corrected chi connectivity index (χ2v) is 7.72. The number of hydrogen-bond acceptors (Lipinski definition) is 6. The van der Waals surface area contributed by atoms with Crippen molar-refractivity contribution in [3.05, 3.63) is 29.8 Å². The lowest BCUT2D eigenvalue weighted by Crippen LogP contribution is -2.49. The van der Waals surface area contributed by atoms with E-state index in [1.165, 1.54) is 16.7 Å². The highest BCUT2D eigenvalue weighted by molar-refractivity contribution is 8.00. The molecule has 8 heteroatoms. The van der Waals surface area contributed by atoms with Crippen LogP contribution in [0.15, 0.2) is 29.2 Å². The predicted molar refractivity (Wildman–Crippen MR) is 103 cm³/mol. The Morgan fingerprint density at radius 3 is 2.44 bits per heavy atom. The first-order valence-corrected chi connectivity index (χ1v) is 9.78. The molecule has 1 fully saturated rings. The zero-order valence-electron chi connectivity index (χ0n) is 16.1. The van der Waals surface area contributed by atoms with E-state index in [0.29, 0.717) is 23.5 Å². The maximum absolute atomic E-state index is 12.4. The van der Waals surface area contributed by atoms with Gasteiger partial charge in [0.05, 0.1) is 23.5 Å². The summed E-state index contributed by atoms with van der Waals surface area (Å²) in [4.78, 5) is 40.3. The van der Waals surface area contributed by atoms with Gasteiger partial charge in [0.1, 0.15) is 0 Å². The molecule has 0 radical (unpaired) electrons. The molecule has 1 aromatic carbocycles. The van der Waals surface area contributed by atoms with Crippen molar-refractivity contribution in [1.29, 1.82) is 0 Å². The third kappa shape index (κ3) is 6.25. The number of esters is 1. The van der Waals surface area contributed by atoms with E-state index >= 15 is 0 Å². The van der Waals surface area contributed by atoms with Gasteiger partial charge in [-0.1, -0.05) is 12.1 Å². The van der Waals surface area contributed by atoms with Crippen molar-refractivity contribution in [2.75, 3.05) is 39.5 Å². The SMILES string of the molecule is C[C@H]1CN(C(=O)COC(=O)c2ccccc2SCC(=O)N(C)C)C[C@H](C)O1. The van der Waals surface area contributed by atoms with Crippen LogP contribution in [0, 0.1) is 0 Å². The summed E-state index contributed by atoms with van der Waals surface area (Å²) in [5.74, 6) is -0.634. The van der Waals surface area contributed by atoms with Crippen molar-refractivity contribution in [3.63, 3.8) is 0 Å². The van der Waals surface area contributed by atoms with Crippen molar-refractivity contribution >= 4 is 29.5 Å². The van der Waals surface area contributed by atoms with Crippen molar-refractivity contribution in [2.45, 2.75) is 31.0 Å². The van der Waals surface area contributed by atoms with Gasteiger partial charge in [0, 0.05) is 32.1 Å². The molecule has 0 unspecified atom stereocenters. The van der Waals surface area contributed by atoms with Gasteiger partial charge in [-0.15, -0.1) is 11.8 Å². The summed E-state index contributed by atoms with van der Waals surface area (Å²) >= 11 is 1.27. The normalized spacial score (nSPS) is 19.5. The fourth-order valence-corrected chi connectivity index (χ4v) is 3.73. The first kappa shape index (κ1) is 21.2. The molecule has 0 N–H and O–H groups in total. The second-order valence-electron chi connectivity index (χ2n) is 6.71. The van der Waals surface area contributed by atoms with Crippen molar-refractivity contribution in [2.24, 2.45) is 0 Å². The highest BCUT2D eigenvalue weighted by Crippen LogP contribution is 2.23. The topological polar surface area (TPSA) is 76.2 Å². The first-order chi connectivity index (χ1) is 12.8. The number of nitrogens with zero attached hydrogens (tertiary/aromatic N) is 2. The van der Waals surface area contributed by atoms with Gasteiger partial charge in [0.25, 0.3) is 5.91 Å². The minimum Gasteiger partial charge on any atom is -0.452 e. The summed E-state index contributed by atoms with van der Waals surface area (Å²) < 4.78 is 10.8. The van der Waals surface area contributed by atoms with Gasteiger partial charge in [0.2, 0.25) is 5.91 Å². The number of hydrogen-bond donors (Lipinski definition) is 0. The third-order valence-electron chi connectivity index (χ3n) is 4.06. The summed E-state index contributed by atoms with van der Waals surface area (Å²) in [6, 6.07) is 6.91. The van der Waals surface area contributed by atoms with E-state index < -0.39 is 5.97 Å². The molecule has 27 heavy (non-hydrogen) atoms. The summed E-state index contributed by atoms with van der Waals surface area (Å²) in [5, 5.41) is 0. The molecule has 2 amide bonds. The Kier molecular flexibility index (Phi) is 7.67. The number of rotatable bonds is 6. The molecule has 1 aliphatic rings. The Morgan fingerprint density at radius 1 is 1.19 bits per heavy atom. The fourth-order valence-electron chi connectivity index (χ4n) is 2.71. The van der Waals surface area contributed by atoms with Crippen LogP contribution >= 0.6 is 11.8 Å². The average Bonchev–Trinajstić information content (AvgIpc) is 2.63. The summed E-state index contributed by atoms with van der Waals surface area (Å²) in [6.07, 6.45) is -0.0838. The van der Waals surface area contributed by atoms with Crippen LogP contribution in [0.5, 0.6) is 0 Å². The van der Waals surface area contributed by atoms with Gasteiger partial charge in [-0.05, 0) is 26.0 Å². The van der Waals surface area contributed by atoms with Gasteiger partial charge < -0.3 is 19.3 Å². The number of carbonyl (C=O) groups excluding carboxylic acids is 3. The zero-order valence-corrected chi connectivity index (χ0v) is 17.0. The van der Waals surface area contributed by atoms with Crippen LogP contribution in [0.4, 0.5) is 0 Å². The molecule has 1 saturated heterocycles. The molecular formula is C19H26N2O5S. The Hall–Kier alpha value is -2.06. The van der Waals surface area contributed by atoms with E-state index in [0.717, 1.165) is 0 Å². The minimum absolute atomic E-state index is 0.0419. The molecule has 148 valence electrons. The molecule has 1 heterocycles. The van der Waals surface area contributed by atoms with Crippen molar-refractivity contribution in [1.82, 2.24) is 9.80 Å². The molecule has 0 spiro atoms. The van der Waals surface area contributed by atoms with Crippen LogP contribution in [-0.2, 0) is 19.1 Å². The quantitative estimate of drug-likeness (QED) is 0.540. The van der Waals surface area contributed by atoms with Gasteiger partial charge >= 0.3 is 5.97 Å². The molecule has 1 aliphatic heterocycles. The number of benzene rings is 1. The van der Waals surface area contributed by atoms with Crippen LogP contribution in [0.25, 0.3) is 0 Å². The Balaban J connectivity index is 1.94. The van der Waals surface area contributed by atoms with E-state index in [4.69, 9.17) is 9.47 Å². The lowest BCUT2D eigenvalue weighted by atomic mass is 10.2. The maximum Gasteiger partial charge on any atom is 0.339 e. The van der Waals surface area contributed by atoms with Gasteiger partial charge in [-0.2, -0.15) is 0 Å². The molecule has 0 aliphatic carbocycles. The Morgan fingerprint density at radius 2 is 1.81 bits per heavy atom. The summed E-state index contributed by atoms with van der Waals surface area (Å²) in [5.41, 5.74) is 0.352. The standard InChI is InChI=1S/C19H26N2O5S/c1-13-9-21(10-14(2)26-13)17(22)11-25-19(24)15-7-5-6-8-16(15)27-12-18(23)20(3)4/h5-8,13-14H,9-12H2,1-4H3/t13-,14-/m0/s1. The molecule has 0 saturated carbocycles. The van der Waals surface area contributed by atoms with Crippen LogP contribution in [0.2, 0.25) is 0 Å². The Bertz CT molecular complexity index is 684. The molecular weight excluding hydrogens is 368 g/mol. The molecule has 7 nitrogen and oxygen atoms in total. The third-order valence-corrected chi connectivity index (χ3v) is 5.11. The van der Waals surface area contributed by atoms with Crippen LogP contribution in [0.3, 0.4) is 0 Å². The van der Waals surface area contributed by atoms with E-state index in [1.807, 2.05) is 13.8 Å². The first-order valence-electron chi connectivity index (χ1n) is 8.80. The van der Waals surface area contributed by atoms with Crippen molar-refractivity contribution < 1.29 is 23.9 Å². The molecule has 0 bridgehead atoms. The van der Waals surface area contributed by atoms with E-state index in [-0.39, 0.29) is 36.4 Å². The van der Waals surface area contributed by atoms with E-state index in [9.17, 15) is 14.4 Å². The highest BCUT2D eigenvalue weighted by Gasteiger charge is 2.26. The zero-order chi connectivity index (χ0) is 20.0. The number of ether oxygens (including phenoxy) is 2. The lowest BCUT2D eigenvalue weighted by Gasteiger charge is -2.35. The molecule has 1 aromatic rings. The lowest BCUT2D eigenvalue weighted by molar-refractivity contribution is -0.146. The second kappa shape index (κ2) is 9.75. The number of amides is 2. The van der Waals surface area contributed by atoms with Gasteiger partial charge in [0.15, 0.2) is 6.61 Å². The van der Waals surface area contributed by atoms with Crippen LogP contribution in [0.1, 0.15) is 24.2 Å². The van der Waals surface area contributed by atoms with Gasteiger partial charge in [-0.3, -0.25) is 9.59 Å². The molecule has 2 rings (SSSR count). The van der Waals surface area contributed by atoms with Gasteiger partial charge in [-0.25, -0.2) is 4.79 Å². The number of carbonyl (C=O) groups is 3. The van der Waals surface area contributed by atoms with Crippen molar-refractivity contribution in [3.8, 4) is 0 Å². The number of morpholine rings is 1. The Labute approximate surface area is 164 Å². The average molecular weight is 394 g/mol. The monoisotopic (exact) mass is 394 g/mol. The maximum atomic E-state index is 12.4. The summed E-state index contributed by atoms with van der Waals surface area (Å²) in [6.45, 7) is 4.47.